The summed E-state index contributed by atoms with van der Waals surface area (Å²) in [6, 6.07) is 0. The molecule has 3 N–H and O–H groups in total. The van der Waals surface area contributed by atoms with Gasteiger partial charge in [0.1, 0.15) is 0 Å². The highest BCUT2D eigenvalue weighted by molar-refractivity contribution is 7.80. The first-order chi connectivity index (χ1) is 7.98. The van der Waals surface area contributed by atoms with Crippen molar-refractivity contribution in [2.45, 2.75) is 33.1 Å². The molecule has 5 heteroatoms. The summed E-state index contributed by atoms with van der Waals surface area (Å²) < 4.78 is 5.33. The van der Waals surface area contributed by atoms with Gasteiger partial charge in [0.05, 0.1) is 10.9 Å². The molecule has 0 spiro atoms. The maximum Gasteiger partial charge on any atom is 0.229 e. The molecule has 0 aromatic rings. The molecule has 1 saturated heterocycles. The molecule has 0 aromatic heterocycles. The number of thiocarbonyl (C=S) groups is 1. The van der Waals surface area contributed by atoms with E-state index in [1.54, 1.807) is 0 Å². The fourth-order valence-electron chi connectivity index (χ4n) is 1.98. The largest absolute Gasteiger partial charge is 0.393 e. The Bertz CT molecular complexity index is 288. The molecule has 1 amide bonds. The van der Waals surface area contributed by atoms with Crippen molar-refractivity contribution in [1.82, 2.24) is 5.32 Å². The monoisotopic (exact) mass is 258 g/mol. The van der Waals surface area contributed by atoms with Gasteiger partial charge in [-0.3, -0.25) is 4.79 Å². The molecule has 1 fully saturated rings. The molecule has 17 heavy (non-hydrogen) atoms. The van der Waals surface area contributed by atoms with Gasteiger partial charge in [0.15, 0.2) is 0 Å². The second kappa shape index (κ2) is 6.31. The number of amides is 1. The predicted molar refractivity (Wildman–Crippen MR) is 71.7 cm³/mol. The van der Waals surface area contributed by atoms with Gasteiger partial charge in [0.25, 0.3) is 0 Å². The first kappa shape index (κ1) is 14.4. The summed E-state index contributed by atoms with van der Waals surface area (Å²) in [5.74, 6) is -0.388. The van der Waals surface area contributed by atoms with Gasteiger partial charge in [-0.05, 0) is 24.7 Å². The molecule has 1 heterocycles. The SMILES string of the molecule is CCC(C(=O)NCC1(C)CCOCC1)C(N)=S. The lowest BCUT2D eigenvalue weighted by Gasteiger charge is -2.34. The second-order valence-electron chi connectivity index (χ2n) is 5.00. The van der Waals surface area contributed by atoms with Gasteiger partial charge in [-0.2, -0.15) is 0 Å². The van der Waals surface area contributed by atoms with E-state index in [0.29, 0.717) is 13.0 Å². The van der Waals surface area contributed by atoms with Gasteiger partial charge in [0.2, 0.25) is 5.91 Å². The van der Waals surface area contributed by atoms with Gasteiger partial charge < -0.3 is 15.8 Å². The zero-order valence-electron chi connectivity index (χ0n) is 10.6. The molecule has 4 nitrogen and oxygen atoms in total. The molecular formula is C12H22N2O2S. The topological polar surface area (TPSA) is 64.3 Å². The summed E-state index contributed by atoms with van der Waals surface area (Å²) in [6.45, 7) is 6.32. The molecular weight excluding hydrogens is 236 g/mol. The Kier molecular flexibility index (Phi) is 5.33. The lowest BCUT2D eigenvalue weighted by Crippen LogP contribution is -2.44. The average Bonchev–Trinajstić information content (AvgIpc) is 2.28. The number of hydrogen-bond donors (Lipinski definition) is 2. The molecule has 1 aliphatic heterocycles. The molecule has 98 valence electrons. The first-order valence-corrected chi connectivity index (χ1v) is 6.54. The summed E-state index contributed by atoms with van der Waals surface area (Å²) in [6.07, 6.45) is 2.62. The highest BCUT2D eigenvalue weighted by Gasteiger charge is 2.29. The number of carbonyl (C=O) groups excluding carboxylic acids is 1. The number of carbonyl (C=O) groups is 1. The van der Waals surface area contributed by atoms with Gasteiger partial charge in [-0.1, -0.05) is 26.1 Å². The third-order valence-corrected chi connectivity index (χ3v) is 3.74. The van der Waals surface area contributed by atoms with E-state index in [1.165, 1.54) is 0 Å². The van der Waals surface area contributed by atoms with E-state index in [0.717, 1.165) is 26.1 Å². The summed E-state index contributed by atoms with van der Waals surface area (Å²) in [4.78, 5) is 12.2. The summed E-state index contributed by atoms with van der Waals surface area (Å²) >= 11 is 4.89. The van der Waals surface area contributed by atoms with Crippen LogP contribution in [0.15, 0.2) is 0 Å². The minimum absolute atomic E-state index is 0.0484. The molecule has 0 aromatic carbocycles. The summed E-state index contributed by atoms with van der Waals surface area (Å²) in [7, 11) is 0. The zero-order valence-corrected chi connectivity index (χ0v) is 11.4. The van der Waals surface area contributed by atoms with Crippen LogP contribution in [0.5, 0.6) is 0 Å². The fourth-order valence-corrected chi connectivity index (χ4v) is 2.25. The van der Waals surface area contributed by atoms with Gasteiger partial charge in [-0.15, -0.1) is 0 Å². The molecule has 1 aliphatic rings. The van der Waals surface area contributed by atoms with Crippen LogP contribution in [-0.2, 0) is 9.53 Å². The van der Waals surface area contributed by atoms with Gasteiger partial charge >= 0.3 is 0 Å². The Morgan fingerprint density at radius 3 is 2.59 bits per heavy atom. The minimum atomic E-state index is -0.339. The van der Waals surface area contributed by atoms with Crippen molar-refractivity contribution in [3.05, 3.63) is 0 Å². The Balaban J connectivity index is 2.43. The molecule has 1 rings (SSSR count). The van der Waals surface area contributed by atoms with Crippen molar-refractivity contribution in [2.24, 2.45) is 17.1 Å². The van der Waals surface area contributed by atoms with E-state index in [9.17, 15) is 4.79 Å². The van der Waals surface area contributed by atoms with E-state index in [2.05, 4.69) is 12.2 Å². The van der Waals surface area contributed by atoms with Gasteiger partial charge in [-0.25, -0.2) is 0 Å². The molecule has 0 radical (unpaired) electrons. The second-order valence-corrected chi connectivity index (χ2v) is 5.48. The molecule has 0 bridgehead atoms. The molecule has 0 aliphatic carbocycles. The van der Waals surface area contributed by atoms with E-state index >= 15 is 0 Å². The van der Waals surface area contributed by atoms with Crippen LogP contribution in [0, 0.1) is 11.3 Å². The van der Waals surface area contributed by atoms with Crippen molar-refractivity contribution >= 4 is 23.1 Å². The maximum absolute atomic E-state index is 11.9. The van der Waals surface area contributed by atoms with Crippen molar-refractivity contribution < 1.29 is 9.53 Å². The normalized spacial score (nSPS) is 20.6. The van der Waals surface area contributed by atoms with Crippen LogP contribution in [0.1, 0.15) is 33.1 Å². The van der Waals surface area contributed by atoms with E-state index < -0.39 is 0 Å². The lowest BCUT2D eigenvalue weighted by molar-refractivity contribution is -0.123. The maximum atomic E-state index is 11.9. The molecule has 1 atom stereocenters. The average molecular weight is 258 g/mol. The van der Waals surface area contributed by atoms with Crippen LogP contribution in [0.4, 0.5) is 0 Å². The fraction of sp³-hybridized carbons (Fsp3) is 0.833. The van der Waals surface area contributed by atoms with Crippen LogP contribution in [0.3, 0.4) is 0 Å². The van der Waals surface area contributed by atoms with E-state index in [4.69, 9.17) is 22.7 Å². The highest BCUT2D eigenvalue weighted by Crippen LogP contribution is 2.28. The third kappa shape index (κ3) is 4.24. The number of nitrogens with two attached hydrogens (primary N) is 1. The summed E-state index contributed by atoms with van der Waals surface area (Å²) in [5, 5.41) is 2.96. The zero-order chi connectivity index (χ0) is 12.9. The van der Waals surface area contributed by atoms with Crippen LogP contribution in [0.2, 0.25) is 0 Å². The van der Waals surface area contributed by atoms with Crippen LogP contribution in [0.25, 0.3) is 0 Å². The van der Waals surface area contributed by atoms with Crippen LogP contribution < -0.4 is 11.1 Å². The lowest BCUT2D eigenvalue weighted by atomic mass is 9.82. The standard InChI is InChI=1S/C12H22N2O2S/c1-3-9(10(13)17)11(15)14-8-12(2)4-6-16-7-5-12/h9H,3-8H2,1-2H3,(H2,13,17)(H,14,15). The van der Waals surface area contributed by atoms with E-state index in [-0.39, 0.29) is 22.2 Å². The Morgan fingerprint density at radius 1 is 1.53 bits per heavy atom. The Labute approximate surface area is 108 Å². The number of nitrogens with one attached hydrogen (secondary N) is 1. The molecule has 1 unspecified atom stereocenters. The van der Waals surface area contributed by atoms with Crippen LogP contribution >= 0.6 is 12.2 Å². The van der Waals surface area contributed by atoms with E-state index in [1.807, 2.05) is 6.92 Å². The molecule has 0 saturated carbocycles. The smallest absolute Gasteiger partial charge is 0.229 e. The van der Waals surface area contributed by atoms with Crippen molar-refractivity contribution in [2.75, 3.05) is 19.8 Å². The van der Waals surface area contributed by atoms with Crippen molar-refractivity contribution in [1.29, 1.82) is 0 Å². The number of ether oxygens (including phenoxy) is 1. The van der Waals surface area contributed by atoms with Crippen LogP contribution in [-0.4, -0.2) is 30.7 Å². The predicted octanol–water partition coefficient (Wildman–Crippen LogP) is 1.23. The Morgan fingerprint density at radius 2 is 2.12 bits per heavy atom. The third-order valence-electron chi connectivity index (χ3n) is 3.46. The number of rotatable bonds is 5. The van der Waals surface area contributed by atoms with Crippen molar-refractivity contribution in [3.8, 4) is 0 Å². The quantitative estimate of drug-likeness (QED) is 0.728. The summed E-state index contributed by atoms with van der Waals surface area (Å²) in [5.41, 5.74) is 5.68. The Hall–Kier alpha value is -0.680. The van der Waals surface area contributed by atoms with Crippen molar-refractivity contribution in [3.63, 3.8) is 0 Å². The first-order valence-electron chi connectivity index (χ1n) is 6.13. The highest BCUT2D eigenvalue weighted by atomic mass is 32.1. The number of hydrogen-bond acceptors (Lipinski definition) is 3. The van der Waals surface area contributed by atoms with Gasteiger partial charge in [0, 0.05) is 19.8 Å². The minimum Gasteiger partial charge on any atom is -0.393 e.